The van der Waals surface area contributed by atoms with Gasteiger partial charge in [0.15, 0.2) is 0 Å². The zero-order chi connectivity index (χ0) is 13.7. The van der Waals surface area contributed by atoms with Gasteiger partial charge < -0.3 is 5.73 Å². The van der Waals surface area contributed by atoms with Crippen LogP contribution >= 0.6 is 0 Å². The lowest BCUT2D eigenvalue weighted by molar-refractivity contribution is 0.514. The Balaban J connectivity index is 2.33. The Kier molecular flexibility index (Phi) is 4.68. The van der Waals surface area contributed by atoms with Gasteiger partial charge in [0.1, 0.15) is 0 Å². The van der Waals surface area contributed by atoms with Gasteiger partial charge in [0.05, 0.1) is 12.1 Å². The van der Waals surface area contributed by atoms with Crippen LogP contribution in [0.15, 0.2) is 60.7 Å². The van der Waals surface area contributed by atoms with Crippen LogP contribution in [0.25, 0.3) is 0 Å². The zero-order valence-corrected chi connectivity index (χ0v) is 11.2. The first-order valence-corrected chi connectivity index (χ1v) is 7.12. The first kappa shape index (κ1) is 13.7. The van der Waals surface area contributed by atoms with Gasteiger partial charge in [0.2, 0.25) is 10.9 Å². The molecule has 0 aliphatic carbocycles. The second-order valence-corrected chi connectivity index (χ2v) is 4.98. The van der Waals surface area contributed by atoms with Gasteiger partial charge in [-0.15, -0.1) is 0 Å². The van der Waals surface area contributed by atoms with Crippen LogP contribution in [0.4, 0.5) is 0 Å². The molecule has 0 saturated carbocycles. The van der Waals surface area contributed by atoms with Crippen LogP contribution in [0.3, 0.4) is 0 Å². The van der Waals surface area contributed by atoms with Gasteiger partial charge in [-0.25, -0.2) is 13.1 Å². The van der Waals surface area contributed by atoms with Crippen LogP contribution in [0.5, 0.6) is 0 Å². The number of hydrogen-bond donors (Lipinski definition) is 3. The molecule has 19 heavy (non-hydrogen) atoms. The second kappa shape index (κ2) is 6.47. The number of hydrogen-bond acceptors (Lipinski definition) is 3. The lowest BCUT2D eigenvalue weighted by Gasteiger charge is -2.23. The van der Waals surface area contributed by atoms with Crippen molar-refractivity contribution < 1.29 is 8.42 Å². The third-order valence-corrected chi connectivity index (χ3v) is 3.44. The normalized spacial score (nSPS) is 14.2. The Bertz CT molecular complexity index is 577. The van der Waals surface area contributed by atoms with Gasteiger partial charge in [-0.2, -0.15) is 0 Å². The molecule has 0 bridgehead atoms. The van der Waals surface area contributed by atoms with E-state index in [0.29, 0.717) is 0 Å². The Morgan fingerprint density at radius 3 is 1.79 bits per heavy atom. The minimum Gasteiger partial charge on any atom is -0.322 e. The van der Waals surface area contributed by atoms with Crippen molar-refractivity contribution in [2.75, 3.05) is 0 Å². The summed E-state index contributed by atoms with van der Waals surface area (Å²) < 4.78 is 24.5. The van der Waals surface area contributed by atoms with E-state index in [1.165, 1.54) is 0 Å². The average molecular weight is 276 g/mol. The van der Waals surface area contributed by atoms with Crippen molar-refractivity contribution >= 4 is 10.9 Å². The predicted octanol–water partition coefficient (Wildman–Crippen LogP) is 1.54. The summed E-state index contributed by atoms with van der Waals surface area (Å²) in [5.74, 6) is 0. The maximum Gasteiger partial charge on any atom is 0.202 e. The van der Waals surface area contributed by atoms with Crippen LogP contribution in [0, 0.1) is 0 Å². The fourth-order valence-corrected chi connectivity index (χ4v) is 2.54. The Morgan fingerprint density at radius 2 is 1.32 bits per heavy atom. The fourth-order valence-electron chi connectivity index (χ4n) is 2.00. The van der Waals surface area contributed by atoms with Crippen LogP contribution in [0.2, 0.25) is 0 Å². The molecule has 0 aromatic heterocycles. The minimum absolute atomic E-state index is 0.434. The number of nitrogens with two attached hydrogens (primary N) is 1. The molecule has 0 fully saturated rings. The standard InChI is InChI=1S/C14H16N2O2S/c15-13(11-7-3-1-4-8-11)14(16-19(17)18)12-9-5-2-6-10-12/h1-10,13-14,19H,15H2,(H,16,17,18). The van der Waals surface area contributed by atoms with Crippen molar-refractivity contribution in [3.05, 3.63) is 71.8 Å². The molecular formula is C14H16N2O2S. The molecule has 0 spiro atoms. The summed E-state index contributed by atoms with van der Waals surface area (Å²) in [5.41, 5.74) is 7.92. The molecule has 2 aromatic rings. The van der Waals surface area contributed by atoms with E-state index in [1.54, 1.807) is 0 Å². The van der Waals surface area contributed by atoms with Crippen molar-refractivity contribution in [3.8, 4) is 0 Å². The predicted molar refractivity (Wildman–Crippen MR) is 76.0 cm³/mol. The van der Waals surface area contributed by atoms with E-state index in [4.69, 9.17) is 5.73 Å². The molecular weight excluding hydrogens is 260 g/mol. The van der Waals surface area contributed by atoms with Crippen molar-refractivity contribution in [2.24, 2.45) is 5.73 Å². The molecule has 2 atom stereocenters. The number of benzene rings is 2. The summed E-state index contributed by atoms with van der Waals surface area (Å²) in [6.45, 7) is 0. The highest BCUT2D eigenvalue weighted by atomic mass is 32.2. The summed E-state index contributed by atoms with van der Waals surface area (Å²) in [6, 6.07) is 17.9. The largest absolute Gasteiger partial charge is 0.322 e. The molecule has 100 valence electrons. The Morgan fingerprint density at radius 1 is 0.842 bits per heavy atom. The highest BCUT2D eigenvalue weighted by molar-refractivity contribution is 7.70. The van der Waals surface area contributed by atoms with Crippen LogP contribution in [0.1, 0.15) is 23.2 Å². The first-order chi connectivity index (χ1) is 9.18. The second-order valence-electron chi connectivity index (χ2n) is 4.21. The maximum absolute atomic E-state index is 11.0. The van der Waals surface area contributed by atoms with Crippen LogP contribution in [-0.4, -0.2) is 8.42 Å². The molecule has 0 aliphatic heterocycles. The Labute approximate surface area is 114 Å². The van der Waals surface area contributed by atoms with Gasteiger partial charge in [-0.05, 0) is 11.1 Å². The molecule has 0 amide bonds. The van der Waals surface area contributed by atoms with Crippen LogP contribution < -0.4 is 10.5 Å². The van der Waals surface area contributed by atoms with Gasteiger partial charge in [0, 0.05) is 0 Å². The highest BCUT2D eigenvalue weighted by Crippen LogP contribution is 2.26. The minimum atomic E-state index is -2.72. The lowest BCUT2D eigenvalue weighted by atomic mass is 9.95. The van der Waals surface area contributed by atoms with E-state index in [1.807, 2.05) is 60.7 Å². The molecule has 0 saturated heterocycles. The molecule has 0 aliphatic rings. The average Bonchev–Trinajstić information content (AvgIpc) is 2.46. The van der Waals surface area contributed by atoms with Crippen molar-refractivity contribution in [1.29, 1.82) is 0 Å². The summed E-state index contributed by atoms with van der Waals surface area (Å²) in [6.07, 6.45) is 0. The van der Waals surface area contributed by atoms with E-state index < -0.39 is 23.0 Å². The quantitative estimate of drug-likeness (QED) is 0.725. The maximum atomic E-state index is 11.0. The highest BCUT2D eigenvalue weighted by Gasteiger charge is 2.21. The van der Waals surface area contributed by atoms with Gasteiger partial charge in [0.25, 0.3) is 0 Å². The van der Waals surface area contributed by atoms with E-state index >= 15 is 0 Å². The fraction of sp³-hybridized carbons (Fsp3) is 0.143. The zero-order valence-electron chi connectivity index (χ0n) is 10.3. The third-order valence-electron chi connectivity index (χ3n) is 2.95. The van der Waals surface area contributed by atoms with E-state index in [2.05, 4.69) is 4.72 Å². The number of nitrogens with one attached hydrogen (secondary N) is 1. The third kappa shape index (κ3) is 3.64. The summed E-state index contributed by atoms with van der Waals surface area (Å²) >= 11 is 0. The first-order valence-electron chi connectivity index (χ1n) is 5.94. The number of rotatable bonds is 5. The molecule has 2 aromatic carbocycles. The summed E-state index contributed by atoms with van der Waals surface area (Å²) in [4.78, 5) is 0. The van der Waals surface area contributed by atoms with Gasteiger partial charge in [-0.1, -0.05) is 60.7 Å². The van der Waals surface area contributed by atoms with Crippen molar-refractivity contribution in [1.82, 2.24) is 4.72 Å². The Hall–Kier alpha value is -1.69. The monoisotopic (exact) mass is 276 g/mol. The van der Waals surface area contributed by atoms with E-state index in [0.717, 1.165) is 11.1 Å². The van der Waals surface area contributed by atoms with Crippen molar-refractivity contribution in [3.63, 3.8) is 0 Å². The van der Waals surface area contributed by atoms with Crippen molar-refractivity contribution in [2.45, 2.75) is 12.1 Å². The molecule has 4 nitrogen and oxygen atoms in total. The molecule has 5 heteroatoms. The molecule has 0 radical (unpaired) electrons. The SMILES string of the molecule is NC(c1ccccc1)C(N[SH](=O)=O)c1ccccc1. The number of thiol groups is 1. The van der Waals surface area contributed by atoms with E-state index in [-0.39, 0.29) is 0 Å². The van der Waals surface area contributed by atoms with Gasteiger partial charge in [-0.3, -0.25) is 0 Å². The topological polar surface area (TPSA) is 72.2 Å². The molecule has 3 N–H and O–H groups in total. The molecule has 2 unspecified atom stereocenters. The van der Waals surface area contributed by atoms with Crippen LogP contribution in [-0.2, 0) is 10.9 Å². The lowest BCUT2D eigenvalue weighted by Crippen LogP contribution is -2.30. The smallest absolute Gasteiger partial charge is 0.202 e. The summed E-state index contributed by atoms with van der Waals surface area (Å²) in [7, 11) is -2.72. The summed E-state index contributed by atoms with van der Waals surface area (Å²) in [5, 5.41) is 0. The molecule has 0 heterocycles. The van der Waals surface area contributed by atoms with E-state index in [9.17, 15) is 8.42 Å². The molecule has 2 rings (SSSR count). The van der Waals surface area contributed by atoms with Gasteiger partial charge >= 0.3 is 0 Å².